The monoisotopic (exact) mass is 187 g/mol. The van der Waals surface area contributed by atoms with Crippen LogP contribution in [0.2, 0.25) is 0 Å². The first-order chi connectivity index (χ1) is 6.12. The van der Waals surface area contributed by atoms with Crippen molar-refractivity contribution in [2.45, 2.75) is 44.3 Å². The molecule has 1 fully saturated rings. The van der Waals surface area contributed by atoms with Gasteiger partial charge in [-0.05, 0) is 32.2 Å². The van der Waals surface area contributed by atoms with Crippen molar-refractivity contribution in [3.05, 3.63) is 0 Å². The Labute approximate surface area is 80.2 Å². The van der Waals surface area contributed by atoms with E-state index in [-0.39, 0.29) is 0 Å². The first-order valence-electron chi connectivity index (χ1n) is 5.17. The molecular weight excluding hydrogens is 166 g/mol. The van der Waals surface area contributed by atoms with Crippen LogP contribution in [0.5, 0.6) is 0 Å². The van der Waals surface area contributed by atoms with Crippen LogP contribution in [0.15, 0.2) is 0 Å². The van der Waals surface area contributed by atoms with Gasteiger partial charge in [0.05, 0.1) is 11.7 Å². The van der Waals surface area contributed by atoms with Gasteiger partial charge in [-0.25, -0.2) is 0 Å². The average molecular weight is 187 g/mol. The first-order valence-corrected chi connectivity index (χ1v) is 5.17. The number of nitrogens with one attached hydrogen (secondary N) is 1. The molecule has 1 aliphatic rings. The lowest BCUT2D eigenvalue weighted by Gasteiger charge is -2.29. The minimum Gasteiger partial charge on any atom is -0.392 e. The van der Waals surface area contributed by atoms with Crippen LogP contribution in [0.1, 0.15) is 32.6 Å². The largest absolute Gasteiger partial charge is 0.392 e. The minimum atomic E-state index is -0.615. The molecule has 0 radical (unpaired) electrons. The molecule has 1 rings (SSSR count). The second-order valence-corrected chi connectivity index (χ2v) is 4.15. The molecule has 0 amide bonds. The number of hydrogen-bond donors (Lipinski definition) is 3. The standard InChI is InChI=1S/C10H21NO2/c1-3-10(13,8-4-5-8)6-9(12)7-11-2/h8-9,11-13H,3-7H2,1-2H3/t9-,10+/m0/s1. The lowest BCUT2D eigenvalue weighted by atomic mass is 9.88. The fourth-order valence-corrected chi connectivity index (χ4v) is 1.94. The maximum atomic E-state index is 10.2. The molecule has 0 saturated heterocycles. The van der Waals surface area contributed by atoms with Gasteiger partial charge in [0.2, 0.25) is 0 Å². The third-order valence-electron chi connectivity index (χ3n) is 2.98. The Morgan fingerprint density at radius 3 is 2.54 bits per heavy atom. The average Bonchev–Trinajstić information content (AvgIpc) is 2.86. The number of likely N-dealkylation sites (N-methyl/N-ethyl adjacent to an activating group) is 1. The second kappa shape index (κ2) is 4.40. The van der Waals surface area contributed by atoms with Crippen molar-refractivity contribution in [1.29, 1.82) is 0 Å². The van der Waals surface area contributed by atoms with Crippen LogP contribution in [-0.4, -0.2) is 35.5 Å². The van der Waals surface area contributed by atoms with Gasteiger partial charge in [-0.1, -0.05) is 6.92 Å². The van der Waals surface area contributed by atoms with Gasteiger partial charge in [-0.15, -0.1) is 0 Å². The second-order valence-electron chi connectivity index (χ2n) is 4.15. The van der Waals surface area contributed by atoms with E-state index in [9.17, 15) is 10.2 Å². The third-order valence-corrected chi connectivity index (χ3v) is 2.98. The van der Waals surface area contributed by atoms with Crippen molar-refractivity contribution >= 4 is 0 Å². The number of aliphatic hydroxyl groups is 2. The van der Waals surface area contributed by atoms with E-state index in [0.717, 1.165) is 19.3 Å². The molecule has 0 bridgehead atoms. The Balaban J connectivity index is 2.37. The molecule has 3 heteroatoms. The lowest BCUT2D eigenvalue weighted by Crippen LogP contribution is -2.38. The highest BCUT2D eigenvalue weighted by Crippen LogP contribution is 2.43. The van der Waals surface area contributed by atoms with E-state index in [4.69, 9.17) is 0 Å². The third kappa shape index (κ3) is 2.93. The van der Waals surface area contributed by atoms with Crippen LogP contribution in [0, 0.1) is 5.92 Å². The zero-order valence-corrected chi connectivity index (χ0v) is 8.58. The van der Waals surface area contributed by atoms with E-state index in [1.54, 1.807) is 0 Å². The summed E-state index contributed by atoms with van der Waals surface area (Å²) in [6, 6.07) is 0. The molecule has 0 aliphatic heterocycles. The Morgan fingerprint density at radius 1 is 1.54 bits per heavy atom. The summed E-state index contributed by atoms with van der Waals surface area (Å²) in [6.45, 7) is 2.56. The van der Waals surface area contributed by atoms with Crippen LogP contribution in [0.3, 0.4) is 0 Å². The Morgan fingerprint density at radius 2 is 2.15 bits per heavy atom. The molecule has 78 valence electrons. The van der Waals surface area contributed by atoms with E-state index >= 15 is 0 Å². The first kappa shape index (κ1) is 11.0. The predicted octanol–water partition coefficient (Wildman–Crippen LogP) is 0.508. The summed E-state index contributed by atoms with van der Waals surface area (Å²) >= 11 is 0. The summed E-state index contributed by atoms with van der Waals surface area (Å²) in [5, 5.41) is 22.7. The SMILES string of the molecule is CC[C@@](O)(C[C@H](O)CNC)C1CC1. The van der Waals surface area contributed by atoms with Gasteiger partial charge < -0.3 is 15.5 Å². The highest BCUT2D eigenvalue weighted by molar-refractivity contribution is 4.95. The van der Waals surface area contributed by atoms with E-state index in [0.29, 0.717) is 18.9 Å². The fourth-order valence-electron chi connectivity index (χ4n) is 1.94. The van der Waals surface area contributed by atoms with Crippen molar-refractivity contribution in [2.75, 3.05) is 13.6 Å². The smallest absolute Gasteiger partial charge is 0.0698 e. The highest BCUT2D eigenvalue weighted by atomic mass is 16.3. The van der Waals surface area contributed by atoms with Crippen molar-refractivity contribution in [1.82, 2.24) is 5.32 Å². The summed E-state index contributed by atoms with van der Waals surface area (Å²) in [4.78, 5) is 0. The summed E-state index contributed by atoms with van der Waals surface area (Å²) in [7, 11) is 1.81. The summed E-state index contributed by atoms with van der Waals surface area (Å²) in [5.41, 5.74) is -0.615. The van der Waals surface area contributed by atoms with Gasteiger partial charge in [-0.2, -0.15) is 0 Å². The van der Waals surface area contributed by atoms with E-state index in [1.165, 1.54) is 0 Å². The van der Waals surface area contributed by atoms with Gasteiger partial charge in [-0.3, -0.25) is 0 Å². The maximum Gasteiger partial charge on any atom is 0.0698 e. The molecule has 2 atom stereocenters. The fraction of sp³-hybridized carbons (Fsp3) is 1.00. The summed E-state index contributed by atoms with van der Waals surface area (Å²) in [5.74, 6) is 0.434. The van der Waals surface area contributed by atoms with E-state index in [2.05, 4.69) is 5.32 Å². The zero-order valence-electron chi connectivity index (χ0n) is 8.58. The number of hydrogen-bond acceptors (Lipinski definition) is 3. The van der Waals surface area contributed by atoms with Gasteiger partial charge in [0.15, 0.2) is 0 Å². The maximum absolute atomic E-state index is 10.2. The van der Waals surface area contributed by atoms with Gasteiger partial charge >= 0.3 is 0 Å². The van der Waals surface area contributed by atoms with Crippen molar-refractivity contribution in [3.8, 4) is 0 Å². The van der Waals surface area contributed by atoms with Gasteiger partial charge in [0.25, 0.3) is 0 Å². The molecule has 0 aromatic rings. The van der Waals surface area contributed by atoms with Crippen LogP contribution >= 0.6 is 0 Å². The molecule has 0 heterocycles. The quantitative estimate of drug-likeness (QED) is 0.568. The van der Waals surface area contributed by atoms with Crippen molar-refractivity contribution < 1.29 is 10.2 Å². The molecule has 3 N–H and O–H groups in total. The minimum absolute atomic E-state index is 0.421. The van der Waals surface area contributed by atoms with Crippen LogP contribution < -0.4 is 5.32 Å². The summed E-state index contributed by atoms with van der Waals surface area (Å²) < 4.78 is 0. The number of rotatable bonds is 6. The van der Waals surface area contributed by atoms with Crippen molar-refractivity contribution in [2.24, 2.45) is 5.92 Å². The molecule has 3 nitrogen and oxygen atoms in total. The molecular formula is C10H21NO2. The Bertz CT molecular complexity index is 159. The zero-order chi connectivity index (χ0) is 9.90. The molecule has 0 unspecified atom stereocenters. The molecule has 13 heavy (non-hydrogen) atoms. The lowest BCUT2D eigenvalue weighted by molar-refractivity contribution is -0.0305. The molecule has 0 spiro atoms. The molecule has 0 aromatic carbocycles. The molecule has 1 saturated carbocycles. The van der Waals surface area contributed by atoms with Crippen molar-refractivity contribution in [3.63, 3.8) is 0 Å². The van der Waals surface area contributed by atoms with Crippen LogP contribution in [0.4, 0.5) is 0 Å². The molecule has 0 aromatic heterocycles. The van der Waals surface area contributed by atoms with Crippen LogP contribution in [0.25, 0.3) is 0 Å². The van der Waals surface area contributed by atoms with E-state index in [1.807, 2.05) is 14.0 Å². The molecule has 1 aliphatic carbocycles. The number of aliphatic hydroxyl groups excluding tert-OH is 1. The topological polar surface area (TPSA) is 52.5 Å². The Hall–Kier alpha value is -0.120. The van der Waals surface area contributed by atoms with E-state index < -0.39 is 11.7 Å². The van der Waals surface area contributed by atoms with Crippen LogP contribution in [-0.2, 0) is 0 Å². The normalized spacial score (nSPS) is 24.0. The summed E-state index contributed by atoms with van der Waals surface area (Å²) in [6.07, 6.45) is 3.08. The predicted molar refractivity (Wildman–Crippen MR) is 52.5 cm³/mol. The van der Waals surface area contributed by atoms with Gasteiger partial charge in [0, 0.05) is 13.0 Å². The van der Waals surface area contributed by atoms with Gasteiger partial charge in [0.1, 0.15) is 0 Å². The Kier molecular flexibility index (Phi) is 3.71. The highest BCUT2D eigenvalue weighted by Gasteiger charge is 2.43.